The molecule has 0 bridgehead atoms. The first-order chi connectivity index (χ1) is 9.97. The van der Waals surface area contributed by atoms with Gasteiger partial charge in [-0.1, -0.05) is 35.9 Å². The largest absolute Gasteiger partial charge is 0.376 e. The highest BCUT2D eigenvalue weighted by atomic mass is 35.5. The van der Waals surface area contributed by atoms with Crippen molar-refractivity contribution >= 4 is 28.9 Å². The maximum absolute atomic E-state index is 12.1. The Hall–Kier alpha value is -2.00. The summed E-state index contributed by atoms with van der Waals surface area (Å²) in [5, 5.41) is 6.56. The summed E-state index contributed by atoms with van der Waals surface area (Å²) in [4.78, 5) is 12.1. The summed E-state index contributed by atoms with van der Waals surface area (Å²) >= 11 is 6.19. The summed E-state index contributed by atoms with van der Waals surface area (Å²) in [6.45, 7) is 6.11. The van der Waals surface area contributed by atoms with Gasteiger partial charge in [0.25, 0.3) is 0 Å². The lowest BCUT2D eigenvalue weighted by Crippen LogP contribution is -2.22. The SMILES string of the molecule is Cc1cc(C)c(NC(=O)CNc2ccccc2C)c(Cl)c1. The van der Waals surface area contributed by atoms with Gasteiger partial charge in [0.05, 0.1) is 17.3 Å². The Balaban J connectivity index is 2.01. The monoisotopic (exact) mass is 302 g/mol. The second-order valence-corrected chi connectivity index (χ2v) is 5.56. The topological polar surface area (TPSA) is 41.1 Å². The van der Waals surface area contributed by atoms with Crippen molar-refractivity contribution in [1.29, 1.82) is 0 Å². The number of para-hydroxylation sites is 1. The Morgan fingerprint density at radius 3 is 2.48 bits per heavy atom. The zero-order valence-electron chi connectivity index (χ0n) is 12.5. The van der Waals surface area contributed by atoms with Crippen LogP contribution in [0.5, 0.6) is 0 Å². The molecule has 4 heteroatoms. The van der Waals surface area contributed by atoms with Gasteiger partial charge < -0.3 is 10.6 Å². The van der Waals surface area contributed by atoms with E-state index in [4.69, 9.17) is 11.6 Å². The van der Waals surface area contributed by atoms with Gasteiger partial charge in [-0.25, -0.2) is 0 Å². The first-order valence-electron chi connectivity index (χ1n) is 6.83. The van der Waals surface area contributed by atoms with E-state index in [2.05, 4.69) is 10.6 Å². The van der Waals surface area contributed by atoms with Crippen molar-refractivity contribution in [3.8, 4) is 0 Å². The van der Waals surface area contributed by atoms with E-state index in [9.17, 15) is 4.79 Å². The summed E-state index contributed by atoms with van der Waals surface area (Å²) in [5.74, 6) is -0.118. The molecule has 0 saturated heterocycles. The number of hydrogen-bond donors (Lipinski definition) is 2. The number of hydrogen-bond acceptors (Lipinski definition) is 2. The summed E-state index contributed by atoms with van der Waals surface area (Å²) in [6.07, 6.45) is 0. The molecule has 110 valence electrons. The third-order valence-electron chi connectivity index (χ3n) is 3.28. The molecule has 0 unspecified atom stereocenters. The van der Waals surface area contributed by atoms with Crippen molar-refractivity contribution in [2.75, 3.05) is 17.2 Å². The summed E-state index contributed by atoms with van der Waals surface area (Å²) < 4.78 is 0. The van der Waals surface area contributed by atoms with E-state index >= 15 is 0 Å². The lowest BCUT2D eigenvalue weighted by molar-refractivity contribution is -0.114. The van der Waals surface area contributed by atoms with Crippen LogP contribution in [0.4, 0.5) is 11.4 Å². The molecule has 0 radical (unpaired) electrons. The molecule has 1 amide bonds. The van der Waals surface area contributed by atoms with Gasteiger partial charge >= 0.3 is 0 Å². The first kappa shape index (κ1) is 15.4. The van der Waals surface area contributed by atoms with E-state index in [0.717, 1.165) is 22.4 Å². The fourth-order valence-electron chi connectivity index (χ4n) is 2.20. The van der Waals surface area contributed by atoms with E-state index in [-0.39, 0.29) is 12.5 Å². The highest BCUT2D eigenvalue weighted by molar-refractivity contribution is 6.34. The number of rotatable bonds is 4. The third kappa shape index (κ3) is 3.99. The van der Waals surface area contributed by atoms with E-state index in [1.165, 1.54) is 0 Å². The minimum atomic E-state index is -0.118. The zero-order chi connectivity index (χ0) is 15.4. The first-order valence-corrected chi connectivity index (χ1v) is 7.21. The van der Waals surface area contributed by atoms with Gasteiger partial charge in [-0.15, -0.1) is 0 Å². The standard InChI is InChI=1S/C17H19ClN2O/c1-11-8-13(3)17(14(18)9-11)20-16(21)10-19-15-7-5-4-6-12(15)2/h4-9,19H,10H2,1-3H3,(H,20,21). The maximum atomic E-state index is 12.1. The number of nitrogens with one attached hydrogen (secondary N) is 2. The van der Waals surface area contributed by atoms with Crippen LogP contribution in [0.2, 0.25) is 5.02 Å². The average Bonchev–Trinajstić information content (AvgIpc) is 2.42. The Morgan fingerprint density at radius 1 is 1.10 bits per heavy atom. The molecule has 0 fully saturated rings. The van der Waals surface area contributed by atoms with Gasteiger partial charge in [-0.05, 0) is 49.6 Å². The molecule has 21 heavy (non-hydrogen) atoms. The molecule has 2 rings (SSSR count). The Morgan fingerprint density at radius 2 is 1.81 bits per heavy atom. The molecule has 0 aliphatic rings. The third-order valence-corrected chi connectivity index (χ3v) is 3.58. The molecule has 0 aromatic heterocycles. The molecule has 0 aliphatic carbocycles. The fraction of sp³-hybridized carbons (Fsp3) is 0.235. The van der Waals surface area contributed by atoms with Crippen molar-refractivity contribution in [2.45, 2.75) is 20.8 Å². The minimum absolute atomic E-state index is 0.118. The van der Waals surface area contributed by atoms with Gasteiger partial charge in [0.15, 0.2) is 0 Å². The molecule has 0 atom stereocenters. The van der Waals surface area contributed by atoms with Gasteiger partial charge in [0.2, 0.25) is 5.91 Å². The molecule has 2 aromatic carbocycles. The molecule has 0 heterocycles. The van der Waals surface area contributed by atoms with Crippen LogP contribution in [0.25, 0.3) is 0 Å². The zero-order valence-corrected chi connectivity index (χ0v) is 13.2. The molecule has 2 aromatic rings. The average molecular weight is 303 g/mol. The predicted molar refractivity (Wildman–Crippen MR) is 89.2 cm³/mol. The normalized spacial score (nSPS) is 10.3. The maximum Gasteiger partial charge on any atom is 0.243 e. The smallest absolute Gasteiger partial charge is 0.243 e. The second kappa shape index (κ2) is 6.64. The van der Waals surface area contributed by atoms with Crippen LogP contribution in [-0.4, -0.2) is 12.5 Å². The van der Waals surface area contributed by atoms with Crippen LogP contribution in [0.1, 0.15) is 16.7 Å². The van der Waals surface area contributed by atoms with Gasteiger partial charge in [0, 0.05) is 5.69 Å². The molecule has 0 spiro atoms. The van der Waals surface area contributed by atoms with Gasteiger partial charge in [-0.3, -0.25) is 4.79 Å². The molecular formula is C17H19ClN2O. The quantitative estimate of drug-likeness (QED) is 0.883. The van der Waals surface area contributed by atoms with Crippen LogP contribution in [0.15, 0.2) is 36.4 Å². The summed E-state index contributed by atoms with van der Waals surface area (Å²) in [5.41, 5.74) is 4.78. The van der Waals surface area contributed by atoms with Crippen LogP contribution in [0, 0.1) is 20.8 Å². The van der Waals surface area contributed by atoms with Gasteiger partial charge in [0.1, 0.15) is 0 Å². The van der Waals surface area contributed by atoms with E-state index < -0.39 is 0 Å². The Labute approximate surface area is 130 Å². The van der Waals surface area contributed by atoms with Crippen LogP contribution in [0.3, 0.4) is 0 Å². The number of anilines is 2. The Kier molecular flexibility index (Phi) is 4.86. The molecule has 0 aliphatic heterocycles. The van der Waals surface area contributed by atoms with Crippen molar-refractivity contribution in [3.05, 3.63) is 58.1 Å². The molecular weight excluding hydrogens is 284 g/mol. The van der Waals surface area contributed by atoms with Crippen LogP contribution in [-0.2, 0) is 4.79 Å². The second-order valence-electron chi connectivity index (χ2n) is 5.16. The number of carbonyl (C=O) groups excluding carboxylic acids is 1. The van der Waals surface area contributed by atoms with Crippen molar-refractivity contribution < 1.29 is 4.79 Å². The number of aryl methyl sites for hydroxylation is 3. The van der Waals surface area contributed by atoms with Crippen molar-refractivity contribution in [3.63, 3.8) is 0 Å². The minimum Gasteiger partial charge on any atom is -0.376 e. The summed E-state index contributed by atoms with van der Waals surface area (Å²) in [6, 6.07) is 11.7. The lowest BCUT2D eigenvalue weighted by Gasteiger charge is -2.13. The van der Waals surface area contributed by atoms with E-state index in [1.54, 1.807) is 0 Å². The predicted octanol–water partition coefficient (Wildman–Crippen LogP) is 4.32. The van der Waals surface area contributed by atoms with Crippen molar-refractivity contribution in [2.24, 2.45) is 0 Å². The number of benzene rings is 2. The number of halogens is 1. The number of carbonyl (C=O) groups is 1. The van der Waals surface area contributed by atoms with Crippen LogP contribution < -0.4 is 10.6 Å². The molecule has 3 nitrogen and oxygen atoms in total. The van der Waals surface area contributed by atoms with Crippen LogP contribution >= 0.6 is 11.6 Å². The van der Waals surface area contributed by atoms with Crippen molar-refractivity contribution in [1.82, 2.24) is 0 Å². The number of amides is 1. The lowest BCUT2D eigenvalue weighted by atomic mass is 10.1. The Bertz CT molecular complexity index is 645. The van der Waals surface area contributed by atoms with Gasteiger partial charge in [-0.2, -0.15) is 0 Å². The molecule has 2 N–H and O–H groups in total. The highest BCUT2D eigenvalue weighted by Crippen LogP contribution is 2.27. The van der Waals surface area contributed by atoms with E-state index in [1.807, 2.05) is 57.2 Å². The summed E-state index contributed by atoms with van der Waals surface area (Å²) in [7, 11) is 0. The molecule has 0 saturated carbocycles. The highest BCUT2D eigenvalue weighted by Gasteiger charge is 2.09. The van der Waals surface area contributed by atoms with E-state index in [0.29, 0.717) is 10.7 Å². The fourth-order valence-corrected chi connectivity index (χ4v) is 2.57.